The van der Waals surface area contributed by atoms with Crippen molar-refractivity contribution in [3.63, 3.8) is 0 Å². The van der Waals surface area contributed by atoms with Crippen molar-refractivity contribution in [2.24, 2.45) is 5.92 Å². The highest BCUT2D eigenvalue weighted by Crippen LogP contribution is 2.14. The Labute approximate surface area is 77.2 Å². The van der Waals surface area contributed by atoms with Crippen LogP contribution in [0.15, 0.2) is 24.3 Å². The van der Waals surface area contributed by atoms with Crippen LogP contribution in [-0.4, -0.2) is 6.16 Å². The molecule has 0 heterocycles. The van der Waals surface area contributed by atoms with Gasteiger partial charge in [0.15, 0.2) is 0 Å². The first-order chi connectivity index (χ1) is 5.68. The van der Waals surface area contributed by atoms with Crippen molar-refractivity contribution < 1.29 is 0 Å². The Morgan fingerprint density at radius 2 is 1.75 bits per heavy atom. The SMILES string of the molecule is Cc1ccc(PCC(C)C)cc1. The average molecular weight is 180 g/mol. The normalized spacial score (nSPS) is 11.7. The zero-order chi connectivity index (χ0) is 8.97. The Morgan fingerprint density at radius 3 is 2.25 bits per heavy atom. The summed E-state index contributed by atoms with van der Waals surface area (Å²) in [7, 11) is 0.981. The van der Waals surface area contributed by atoms with Crippen LogP contribution in [0, 0.1) is 12.8 Å². The Balaban J connectivity index is 2.48. The van der Waals surface area contributed by atoms with Gasteiger partial charge >= 0.3 is 0 Å². The molecule has 0 bridgehead atoms. The van der Waals surface area contributed by atoms with Crippen molar-refractivity contribution in [1.29, 1.82) is 0 Å². The number of aryl methyl sites for hydroxylation is 1. The van der Waals surface area contributed by atoms with E-state index in [9.17, 15) is 0 Å². The highest BCUT2D eigenvalue weighted by atomic mass is 31.1. The summed E-state index contributed by atoms with van der Waals surface area (Å²) in [5.74, 6) is 0.824. The molecule has 0 aliphatic carbocycles. The lowest BCUT2D eigenvalue weighted by molar-refractivity contribution is 0.749. The van der Waals surface area contributed by atoms with Gasteiger partial charge in [-0.05, 0) is 24.3 Å². The molecule has 1 heteroatoms. The van der Waals surface area contributed by atoms with Crippen LogP contribution in [0.4, 0.5) is 0 Å². The van der Waals surface area contributed by atoms with Gasteiger partial charge in [-0.2, -0.15) is 0 Å². The van der Waals surface area contributed by atoms with Crippen LogP contribution in [0.5, 0.6) is 0 Å². The maximum Gasteiger partial charge on any atom is -0.0271 e. The summed E-state index contributed by atoms with van der Waals surface area (Å²) in [6.07, 6.45) is 1.32. The summed E-state index contributed by atoms with van der Waals surface area (Å²) in [4.78, 5) is 0. The molecule has 1 rings (SSSR count). The maximum absolute atomic E-state index is 2.28. The zero-order valence-electron chi connectivity index (χ0n) is 8.09. The lowest BCUT2D eigenvalue weighted by Gasteiger charge is -2.04. The second-order valence-electron chi connectivity index (χ2n) is 3.64. The molecule has 0 radical (unpaired) electrons. The molecular formula is C11H17P. The Morgan fingerprint density at radius 1 is 1.17 bits per heavy atom. The van der Waals surface area contributed by atoms with Crippen molar-refractivity contribution in [1.82, 2.24) is 0 Å². The van der Waals surface area contributed by atoms with E-state index < -0.39 is 0 Å². The van der Waals surface area contributed by atoms with E-state index in [1.54, 1.807) is 0 Å². The van der Waals surface area contributed by atoms with Gasteiger partial charge in [-0.15, -0.1) is 0 Å². The van der Waals surface area contributed by atoms with E-state index in [1.165, 1.54) is 17.0 Å². The standard InChI is InChI=1S/C11H17P/c1-9(2)8-12-11-6-4-10(3)5-7-11/h4-7,9,12H,8H2,1-3H3. The molecule has 1 atom stereocenters. The molecule has 12 heavy (non-hydrogen) atoms. The molecule has 0 spiro atoms. The average Bonchev–Trinajstić information content (AvgIpc) is 2.03. The summed E-state index contributed by atoms with van der Waals surface area (Å²) in [5, 5.41) is 1.49. The molecule has 0 saturated carbocycles. The molecule has 1 unspecified atom stereocenters. The van der Waals surface area contributed by atoms with Gasteiger partial charge in [-0.1, -0.05) is 52.3 Å². The van der Waals surface area contributed by atoms with Crippen LogP contribution in [-0.2, 0) is 0 Å². The van der Waals surface area contributed by atoms with Crippen LogP contribution < -0.4 is 5.30 Å². The third kappa shape index (κ3) is 3.36. The molecule has 1 aromatic carbocycles. The van der Waals surface area contributed by atoms with Crippen molar-refractivity contribution >= 4 is 13.9 Å². The Hall–Kier alpha value is -0.350. The molecule has 66 valence electrons. The monoisotopic (exact) mass is 180 g/mol. The quantitative estimate of drug-likeness (QED) is 0.627. The highest BCUT2D eigenvalue weighted by Gasteiger charge is 1.95. The smallest absolute Gasteiger partial charge is 0.0271 e. The van der Waals surface area contributed by atoms with E-state index in [0.29, 0.717) is 0 Å². The lowest BCUT2D eigenvalue weighted by atomic mass is 10.2. The van der Waals surface area contributed by atoms with E-state index in [2.05, 4.69) is 45.0 Å². The van der Waals surface area contributed by atoms with Crippen LogP contribution in [0.3, 0.4) is 0 Å². The third-order valence-corrected chi connectivity index (χ3v) is 3.53. The van der Waals surface area contributed by atoms with Gasteiger partial charge in [0.05, 0.1) is 0 Å². The second kappa shape index (κ2) is 4.62. The van der Waals surface area contributed by atoms with Crippen molar-refractivity contribution in [3.8, 4) is 0 Å². The van der Waals surface area contributed by atoms with E-state index in [0.717, 1.165) is 14.5 Å². The van der Waals surface area contributed by atoms with Gasteiger partial charge in [0, 0.05) is 0 Å². The molecule has 0 saturated heterocycles. The minimum absolute atomic E-state index is 0.824. The fraction of sp³-hybridized carbons (Fsp3) is 0.455. The predicted molar refractivity (Wildman–Crippen MR) is 58.8 cm³/mol. The molecule has 0 nitrogen and oxygen atoms in total. The van der Waals surface area contributed by atoms with E-state index in [4.69, 9.17) is 0 Å². The molecular weight excluding hydrogens is 163 g/mol. The molecule has 0 aromatic heterocycles. The summed E-state index contributed by atoms with van der Waals surface area (Å²) in [6.45, 7) is 6.69. The van der Waals surface area contributed by atoms with Crippen molar-refractivity contribution in [2.45, 2.75) is 20.8 Å². The Kier molecular flexibility index (Phi) is 3.75. The molecule has 1 aromatic rings. The lowest BCUT2D eigenvalue weighted by Crippen LogP contribution is -1.98. The van der Waals surface area contributed by atoms with Gasteiger partial charge in [-0.3, -0.25) is 0 Å². The molecule has 0 N–H and O–H groups in total. The second-order valence-corrected chi connectivity index (χ2v) is 4.98. The minimum Gasteiger partial charge on any atom is -0.0901 e. The van der Waals surface area contributed by atoms with E-state index in [1.807, 2.05) is 0 Å². The van der Waals surface area contributed by atoms with Gasteiger partial charge < -0.3 is 0 Å². The third-order valence-electron chi connectivity index (χ3n) is 1.77. The highest BCUT2D eigenvalue weighted by molar-refractivity contribution is 7.47. The topological polar surface area (TPSA) is 0 Å². The van der Waals surface area contributed by atoms with Crippen molar-refractivity contribution in [3.05, 3.63) is 29.8 Å². The molecule has 0 amide bonds. The van der Waals surface area contributed by atoms with Crippen LogP contribution in [0.25, 0.3) is 0 Å². The maximum atomic E-state index is 2.28. The molecule has 0 aliphatic rings. The zero-order valence-corrected chi connectivity index (χ0v) is 9.09. The molecule has 0 aliphatic heterocycles. The summed E-state index contributed by atoms with van der Waals surface area (Å²) in [6, 6.07) is 8.89. The van der Waals surface area contributed by atoms with Gasteiger partial charge in [0.2, 0.25) is 0 Å². The minimum atomic E-state index is 0.824. The largest absolute Gasteiger partial charge is 0.0901 e. The van der Waals surface area contributed by atoms with Gasteiger partial charge in [0.1, 0.15) is 0 Å². The summed E-state index contributed by atoms with van der Waals surface area (Å²) >= 11 is 0. The van der Waals surface area contributed by atoms with Crippen LogP contribution in [0.2, 0.25) is 0 Å². The Bertz CT molecular complexity index is 223. The summed E-state index contributed by atoms with van der Waals surface area (Å²) in [5.41, 5.74) is 1.35. The number of rotatable bonds is 3. The first kappa shape index (κ1) is 9.74. The summed E-state index contributed by atoms with van der Waals surface area (Å²) < 4.78 is 0. The number of hydrogen-bond donors (Lipinski definition) is 0. The van der Waals surface area contributed by atoms with E-state index >= 15 is 0 Å². The van der Waals surface area contributed by atoms with Gasteiger partial charge in [-0.25, -0.2) is 0 Å². The van der Waals surface area contributed by atoms with Crippen molar-refractivity contribution in [2.75, 3.05) is 6.16 Å². The fourth-order valence-corrected chi connectivity index (χ4v) is 2.04. The van der Waals surface area contributed by atoms with Crippen LogP contribution >= 0.6 is 8.58 Å². The first-order valence-electron chi connectivity index (χ1n) is 4.49. The number of hydrogen-bond acceptors (Lipinski definition) is 0. The van der Waals surface area contributed by atoms with Gasteiger partial charge in [0.25, 0.3) is 0 Å². The first-order valence-corrected chi connectivity index (χ1v) is 5.69. The van der Waals surface area contributed by atoms with Crippen LogP contribution in [0.1, 0.15) is 19.4 Å². The predicted octanol–water partition coefficient (Wildman–Crippen LogP) is 2.95. The van der Waals surface area contributed by atoms with E-state index in [-0.39, 0.29) is 0 Å². The number of benzene rings is 1. The fourth-order valence-electron chi connectivity index (χ4n) is 0.993. The molecule has 0 fully saturated rings.